The van der Waals surface area contributed by atoms with Crippen molar-refractivity contribution in [2.24, 2.45) is 0 Å². The Morgan fingerprint density at radius 3 is 2.71 bits per heavy atom. The molecule has 2 aliphatic heterocycles. The molecule has 2 aliphatic rings. The fourth-order valence-electron chi connectivity index (χ4n) is 4.38. The van der Waals surface area contributed by atoms with E-state index in [1.807, 2.05) is 25.1 Å². The van der Waals surface area contributed by atoms with Crippen LogP contribution in [0, 0.1) is 6.92 Å². The first kappa shape index (κ1) is 24.9. The Morgan fingerprint density at radius 1 is 1.14 bits per heavy atom. The highest BCUT2D eigenvalue weighted by Gasteiger charge is 2.27. The van der Waals surface area contributed by atoms with Crippen molar-refractivity contribution in [2.45, 2.75) is 39.4 Å². The minimum absolute atomic E-state index is 0.138. The number of rotatable bonds is 8. The third-order valence-corrected chi connectivity index (χ3v) is 6.34. The van der Waals surface area contributed by atoms with Crippen LogP contribution in [0.5, 0.6) is 0 Å². The zero-order chi connectivity index (χ0) is 24.8. The van der Waals surface area contributed by atoms with Crippen molar-refractivity contribution in [1.29, 1.82) is 0 Å². The lowest BCUT2D eigenvalue weighted by Crippen LogP contribution is -2.47. The molecule has 1 aromatic heterocycles. The van der Waals surface area contributed by atoms with Gasteiger partial charge in [-0.2, -0.15) is 5.10 Å². The molecule has 10 heteroatoms. The van der Waals surface area contributed by atoms with Crippen LogP contribution < -0.4 is 10.6 Å². The maximum atomic E-state index is 13.2. The number of nitrogens with one attached hydrogen (secondary N) is 2. The van der Waals surface area contributed by atoms with E-state index < -0.39 is 11.9 Å². The van der Waals surface area contributed by atoms with E-state index in [9.17, 15) is 14.4 Å². The Balaban J connectivity index is 1.32. The number of carbonyl (C=O) groups is 3. The molecule has 0 saturated carbocycles. The Morgan fingerprint density at radius 2 is 1.94 bits per heavy atom. The fourth-order valence-corrected chi connectivity index (χ4v) is 4.38. The molecule has 0 aliphatic carbocycles. The van der Waals surface area contributed by atoms with Gasteiger partial charge < -0.3 is 20.3 Å². The Kier molecular flexibility index (Phi) is 8.14. The lowest BCUT2D eigenvalue weighted by atomic mass is 10.1. The van der Waals surface area contributed by atoms with E-state index in [0.717, 1.165) is 37.2 Å². The normalized spacial score (nSPS) is 17.4. The highest BCUT2D eigenvalue weighted by atomic mass is 16.5. The molecular weight excluding hydrogens is 448 g/mol. The largest absolute Gasteiger partial charge is 0.379 e. The fraction of sp³-hybridized carbons (Fsp3) is 0.520. The molecule has 2 N–H and O–H groups in total. The van der Waals surface area contributed by atoms with E-state index in [1.54, 1.807) is 16.5 Å². The number of aromatic nitrogens is 2. The van der Waals surface area contributed by atoms with Crippen LogP contribution in [0.2, 0.25) is 0 Å². The molecule has 1 fully saturated rings. The Hall–Kier alpha value is -3.24. The van der Waals surface area contributed by atoms with Gasteiger partial charge in [0, 0.05) is 51.9 Å². The number of nitrogens with zero attached hydrogens (tertiary/aromatic N) is 4. The van der Waals surface area contributed by atoms with E-state index in [2.05, 4.69) is 26.7 Å². The summed E-state index contributed by atoms with van der Waals surface area (Å²) < 4.78 is 6.92. The molecule has 0 bridgehead atoms. The highest BCUT2D eigenvalue weighted by molar-refractivity contribution is 5.99. The molecular formula is C25H34N6O4. The topological polar surface area (TPSA) is 109 Å². The summed E-state index contributed by atoms with van der Waals surface area (Å²) in [7, 11) is 0. The summed E-state index contributed by atoms with van der Waals surface area (Å²) in [4.78, 5) is 42.4. The van der Waals surface area contributed by atoms with Crippen LogP contribution in [0.1, 0.15) is 45.4 Å². The van der Waals surface area contributed by atoms with Gasteiger partial charge in [0.2, 0.25) is 5.91 Å². The number of morpholine rings is 1. The average Bonchev–Trinajstić information content (AvgIpc) is 3.22. The molecule has 3 heterocycles. The Labute approximate surface area is 205 Å². The molecule has 1 saturated heterocycles. The van der Waals surface area contributed by atoms with Gasteiger partial charge in [0.1, 0.15) is 11.7 Å². The van der Waals surface area contributed by atoms with Gasteiger partial charge in [-0.3, -0.25) is 24.0 Å². The van der Waals surface area contributed by atoms with E-state index in [-0.39, 0.29) is 17.5 Å². The van der Waals surface area contributed by atoms with Gasteiger partial charge in [0.25, 0.3) is 11.8 Å². The zero-order valence-corrected chi connectivity index (χ0v) is 20.5. The van der Waals surface area contributed by atoms with Gasteiger partial charge in [-0.15, -0.1) is 0 Å². The van der Waals surface area contributed by atoms with Crippen molar-refractivity contribution >= 4 is 17.7 Å². The number of benzene rings is 1. The predicted molar refractivity (Wildman–Crippen MR) is 130 cm³/mol. The van der Waals surface area contributed by atoms with Crippen LogP contribution in [0.15, 0.2) is 30.3 Å². The lowest BCUT2D eigenvalue weighted by Gasteiger charge is -2.26. The van der Waals surface area contributed by atoms with Crippen molar-refractivity contribution in [3.63, 3.8) is 0 Å². The molecule has 1 aromatic carbocycles. The van der Waals surface area contributed by atoms with Crippen molar-refractivity contribution in [2.75, 3.05) is 45.9 Å². The van der Waals surface area contributed by atoms with Gasteiger partial charge in [-0.25, -0.2) is 0 Å². The second-order valence-electron chi connectivity index (χ2n) is 9.15. The van der Waals surface area contributed by atoms with E-state index in [4.69, 9.17) is 4.74 Å². The summed E-state index contributed by atoms with van der Waals surface area (Å²) >= 11 is 0. The minimum atomic E-state index is -0.720. The van der Waals surface area contributed by atoms with Crippen LogP contribution in [-0.2, 0) is 22.6 Å². The lowest BCUT2D eigenvalue weighted by molar-refractivity contribution is -0.122. The average molecular weight is 483 g/mol. The summed E-state index contributed by atoms with van der Waals surface area (Å²) in [5, 5.41) is 9.92. The quantitative estimate of drug-likeness (QED) is 0.576. The second-order valence-corrected chi connectivity index (χ2v) is 9.15. The van der Waals surface area contributed by atoms with E-state index in [0.29, 0.717) is 45.1 Å². The molecule has 35 heavy (non-hydrogen) atoms. The van der Waals surface area contributed by atoms with Crippen molar-refractivity contribution in [3.8, 4) is 0 Å². The highest BCUT2D eigenvalue weighted by Crippen LogP contribution is 2.17. The molecule has 2 aromatic rings. The molecule has 0 radical (unpaired) electrons. The first-order valence-corrected chi connectivity index (χ1v) is 12.2. The monoisotopic (exact) mass is 482 g/mol. The Bertz CT molecular complexity index is 1060. The van der Waals surface area contributed by atoms with Gasteiger partial charge in [0.05, 0.1) is 13.2 Å². The maximum absolute atomic E-state index is 13.2. The molecule has 0 spiro atoms. The number of amides is 3. The van der Waals surface area contributed by atoms with Gasteiger partial charge >= 0.3 is 0 Å². The van der Waals surface area contributed by atoms with Crippen molar-refractivity contribution in [3.05, 3.63) is 52.8 Å². The van der Waals surface area contributed by atoms with Crippen LogP contribution in [0.25, 0.3) is 0 Å². The van der Waals surface area contributed by atoms with E-state index >= 15 is 0 Å². The molecule has 10 nitrogen and oxygen atoms in total. The summed E-state index contributed by atoms with van der Waals surface area (Å²) in [6.07, 6.45) is 0.745. The summed E-state index contributed by atoms with van der Waals surface area (Å²) in [6, 6.07) is 8.90. The van der Waals surface area contributed by atoms with Gasteiger partial charge in [0.15, 0.2) is 5.69 Å². The van der Waals surface area contributed by atoms with Crippen molar-refractivity contribution in [1.82, 2.24) is 30.2 Å². The number of hydrogen-bond donors (Lipinski definition) is 2. The van der Waals surface area contributed by atoms with Crippen LogP contribution in [0.3, 0.4) is 0 Å². The molecule has 1 unspecified atom stereocenters. The zero-order valence-electron chi connectivity index (χ0n) is 20.5. The van der Waals surface area contributed by atoms with Crippen molar-refractivity contribution < 1.29 is 19.1 Å². The number of hydrogen-bond acceptors (Lipinski definition) is 6. The molecule has 188 valence electrons. The number of ether oxygens (including phenoxy) is 1. The van der Waals surface area contributed by atoms with Crippen LogP contribution >= 0.6 is 0 Å². The number of fused-ring (bicyclic) bond motifs is 1. The molecule has 3 amide bonds. The van der Waals surface area contributed by atoms with Crippen LogP contribution in [-0.4, -0.2) is 89.3 Å². The number of aryl methyl sites for hydroxylation is 2. The summed E-state index contributed by atoms with van der Waals surface area (Å²) in [5.74, 6) is -0.878. The third kappa shape index (κ3) is 6.46. The molecule has 4 rings (SSSR count). The summed E-state index contributed by atoms with van der Waals surface area (Å²) in [5.41, 5.74) is 2.74. The first-order valence-electron chi connectivity index (χ1n) is 12.2. The maximum Gasteiger partial charge on any atom is 0.272 e. The molecule has 1 atom stereocenters. The van der Waals surface area contributed by atoms with Gasteiger partial charge in [-0.1, -0.05) is 29.8 Å². The third-order valence-electron chi connectivity index (χ3n) is 6.34. The first-order chi connectivity index (χ1) is 16.9. The van der Waals surface area contributed by atoms with Crippen LogP contribution in [0.4, 0.5) is 0 Å². The van der Waals surface area contributed by atoms with E-state index in [1.165, 1.54) is 6.07 Å². The standard InChI is InChI=1S/C25H34N6O4/c1-18-5-3-6-20(15-18)17-30-8-4-9-31-22(25(30)34)16-21(28-31)24(33)27-19(2)23(32)26-7-10-29-11-13-35-14-12-29/h3,5-6,15-16,19H,4,7-14,17H2,1-2H3,(H,26,32)(H,27,33). The predicted octanol–water partition coefficient (Wildman–Crippen LogP) is 0.804. The van der Waals surface area contributed by atoms with Gasteiger partial charge in [-0.05, 0) is 25.8 Å². The minimum Gasteiger partial charge on any atom is -0.379 e. The SMILES string of the molecule is Cc1cccc(CN2CCCn3nc(C(=O)NC(C)C(=O)NCCN4CCOCC4)cc3C2=O)c1. The smallest absolute Gasteiger partial charge is 0.272 e. The summed E-state index contributed by atoms with van der Waals surface area (Å²) in [6.45, 7) is 9.72. The second kappa shape index (κ2) is 11.5. The number of carbonyl (C=O) groups excluding carboxylic acids is 3.